The third-order valence-corrected chi connectivity index (χ3v) is 1.46. The lowest BCUT2D eigenvalue weighted by molar-refractivity contribution is 0.341. The minimum absolute atomic E-state index is 0.714. The van der Waals surface area contributed by atoms with Gasteiger partial charge in [-0.2, -0.15) is 8.42 Å². The highest BCUT2D eigenvalue weighted by atomic mass is 32.2. The zero-order chi connectivity index (χ0) is 8.91. The highest BCUT2D eigenvalue weighted by molar-refractivity contribution is 7.85. The van der Waals surface area contributed by atoms with Crippen LogP contribution in [0.1, 0.15) is 26.7 Å². The normalized spacial score (nSPS) is 10.8. The molecule has 0 fully saturated rings. The number of rotatable bonds is 4. The van der Waals surface area contributed by atoms with Crippen LogP contribution >= 0.6 is 0 Å². The van der Waals surface area contributed by atoms with Crippen molar-refractivity contribution in [3.05, 3.63) is 0 Å². The summed E-state index contributed by atoms with van der Waals surface area (Å²) in [5, 5.41) is 3.46. The minimum atomic E-state index is -3.43. The fourth-order valence-corrected chi connectivity index (χ4v) is 0.740. The topological polar surface area (TPSA) is 55.7 Å². The predicted octanol–water partition coefficient (Wildman–Crippen LogP) is 1.14. The lowest BCUT2D eigenvalue weighted by Gasteiger charge is -1.97. The van der Waals surface area contributed by atoms with E-state index in [1.165, 1.54) is 0 Å². The molecule has 0 aromatic carbocycles. The van der Waals surface area contributed by atoms with E-state index in [0.29, 0.717) is 12.8 Å². The van der Waals surface area contributed by atoms with E-state index in [0.717, 1.165) is 12.0 Å². The molecular formula is C6H13NO3S. The molecule has 0 unspecified atom stereocenters. The van der Waals surface area contributed by atoms with E-state index >= 15 is 0 Å². The van der Waals surface area contributed by atoms with Gasteiger partial charge in [0.2, 0.25) is 0 Å². The van der Waals surface area contributed by atoms with Gasteiger partial charge in [0.15, 0.2) is 0 Å². The second-order valence-electron chi connectivity index (χ2n) is 2.14. The first-order valence-electron chi connectivity index (χ1n) is 3.44. The summed E-state index contributed by atoms with van der Waals surface area (Å²) in [4.78, 5) is 0. The number of hydrogen-bond donors (Lipinski definition) is 0. The van der Waals surface area contributed by atoms with Crippen molar-refractivity contribution in [1.82, 2.24) is 0 Å². The molecule has 0 saturated heterocycles. The molecule has 5 heteroatoms. The molecule has 11 heavy (non-hydrogen) atoms. The summed E-state index contributed by atoms with van der Waals surface area (Å²) in [6.45, 7) is 3.79. The van der Waals surface area contributed by atoms with Gasteiger partial charge in [0, 0.05) is 0 Å². The largest absolute Gasteiger partial charge is 0.325 e. The molecule has 0 rings (SSSR count). The zero-order valence-electron chi connectivity index (χ0n) is 6.99. The van der Waals surface area contributed by atoms with Gasteiger partial charge in [0.25, 0.3) is 0 Å². The maximum atomic E-state index is 10.4. The van der Waals surface area contributed by atoms with Crippen LogP contribution < -0.4 is 0 Å². The summed E-state index contributed by atoms with van der Waals surface area (Å²) >= 11 is 0. The van der Waals surface area contributed by atoms with Crippen molar-refractivity contribution >= 4 is 15.8 Å². The van der Waals surface area contributed by atoms with Crippen LogP contribution in [-0.4, -0.2) is 20.4 Å². The smallest absolute Gasteiger partial charge is 0.269 e. The standard InChI is InChI=1S/C6H13NO3S/c1-4-6(5-2)7-10-11(3,8)9/h4-5H2,1-3H3. The van der Waals surface area contributed by atoms with Crippen LogP contribution in [0.2, 0.25) is 0 Å². The second kappa shape index (κ2) is 4.33. The van der Waals surface area contributed by atoms with Crippen molar-refractivity contribution in [3.63, 3.8) is 0 Å². The minimum Gasteiger partial charge on any atom is -0.269 e. The van der Waals surface area contributed by atoms with Gasteiger partial charge in [-0.1, -0.05) is 19.0 Å². The van der Waals surface area contributed by atoms with E-state index in [1.807, 2.05) is 13.8 Å². The maximum absolute atomic E-state index is 10.4. The summed E-state index contributed by atoms with van der Waals surface area (Å²) in [6, 6.07) is 0. The van der Waals surface area contributed by atoms with Gasteiger partial charge in [-0.3, -0.25) is 4.28 Å². The fourth-order valence-electron chi connectivity index (χ4n) is 0.500. The van der Waals surface area contributed by atoms with E-state index in [-0.39, 0.29) is 0 Å². The first-order chi connectivity index (χ1) is 4.99. The molecule has 0 spiro atoms. The molecular weight excluding hydrogens is 166 g/mol. The first-order valence-corrected chi connectivity index (χ1v) is 5.25. The van der Waals surface area contributed by atoms with Gasteiger partial charge < -0.3 is 0 Å². The third kappa shape index (κ3) is 5.84. The van der Waals surface area contributed by atoms with Gasteiger partial charge in [-0.15, -0.1) is 0 Å². The first kappa shape index (κ1) is 10.4. The number of nitrogens with zero attached hydrogens (tertiary/aromatic N) is 1. The van der Waals surface area contributed by atoms with Crippen LogP contribution in [-0.2, 0) is 14.4 Å². The molecule has 0 atom stereocenters. The highest BCUT2D eigenvalue weighted by Gasteiger charge is 2.00. The average molecular weight is 179 g/mol. The Kier molecular flexibility index (Phi) is 4.10. The van der Waals surface area contributed by atoms with Crippen LogP contribution in [0.3, 0.4) is 0 Å². The zero-order valence-corrected chi connectivity index (χ0v) is 7.81. The Balaban J connectivity index is 4.11. The molecule has 0 aromatic heterocycles. The Bertz CT molecular complexity index is 224. The molecule has 0 heterocycles. The van der Waals surface area contributed by atoms with E-state index in [4.69, 9.17) is 0 Å². The Morgan fingerprint density at radius 2 is 1.82 bits per heavy atom. The van der Waals surface area contributed by atoms with Crippen LogP contribution in [0.4, 0.5) is 0 Å². The average Bonchev–Trinajstić information content (AvgIpc) is 1.88. The summed E-state index contributed by atoms with van der Waals surface area (Å²) in [6.07, 6.45) is 2.40. The SMILES string of the molecule is CCC(CC)=NOS(C)(=O)=O. The van der Waals surface area contributed by atoms with Crippen molar-refractivity contribution in [3.8, 4) is 0 Å². The van der Waals surface area contributed by atoms with E-state index in [9.17, 15) is 8.42 Å². The Labute approximate surface area is 67.4 Å². The van der Waals surface area contributed by atoms with E-state index < -0.39 is 10.1 Å². The number of oxime groups is 1. The lowest BCUT2D eigenvalue weighted by Crippen LogP contribution is -2.01. The predicted molar refractivity (Wildman–Crippen MR) is 43.9 cm³/mol. The van der Waals surface area contributed by atoms with Gasteiger partial charge in [0.1, 0.15) is 0 Å². The summed E-state index contributed by atoms with van der Waals surface area (Å²) in [5.41, 5.74) is 0.746. The van der Waals surface area contributed by atoms with Crippen molar-refractivity contribution < 1.29 is 12.7 Å². The van der Waals surface area contributed by atoms with Gasteiger partial charge in [0.05, 0.1) is 12.0 Å². The number of hydrogen-bond acceptors (Lipinski definition) is 4. The molecule has 0 saturated carbocycles. The molecule has 0 amide bonds. The lowest BCUT2D eigenvalue weighted by atomic mass is 10.2. The fraction of sp³-hybridized carbons (Fsp3) is 0.833. The van der Waals surface area contributed by atoms with Crippen LogP contribution in [0.25, 0.3) is 0 Å². The molecule has 0 radical (unpaired) electrons. The monoisotopic (exact) mass is 179 g/mol. The molecule has 0 bridgehead atoms. The Morgan fingerprint density at radius 3 is 2.09 bits per heavy atom. The second-order valence-corrected chi connectivity index (χ2v) is 3.70. The van der Waals surface area contributed by atoms with E-state index in [1.54, 1.807) is 0 Å². The van der Waals surface area contributed by atoms with E-state index in [2.05, 4.69) is 9.44 Å². The van der Waals surface area contributed by atoms with Crippen molar-refractivity contribution in [2.45, 2.75) is 26.7 Å². The summed E-state index contributed by atoms with van der Waals surface area (Å²) < 4.78 is 25.1. The molecule has 0 aliphatic carbocycles. The third-order valence-electron chi connectivity index (χ3n) is 1.12. The van der Waals surface area contributed by atoms with Crippen molar-refractivity contribution in [2.24, 2.45) is 5.16 Å². The molecule has 66 valence electrons. The van der Waals surface area contributed by atoms with Gasteiger partial charge in [-0.25, -0.2) is 0 Å². The molecule has 0 aliphatic heterocycles. The van der Waals surface area contributed by atoms with Crippen LogP contribution in [0.15, 0.2) is 5.16 Å². The van der Waals surface area contributed by atoms with Crippen molar-refractivity contribution in [1.29, 1.82) is 0 Å². The summed E-state index contributed by atoms with van der Waals surface area (Å²) in [5.74, 6) is 0. The van der Waals surface area contributed by atoms with Crippen LogP contribution in [0.5, 0.6) is 0 Å². The van der Waals surface area contributed by atoms with Gasteiger partial charge >= 0.3 is 10.1 Å². The van der Waals surface area contributed by atoms with Crippen molar-refractivity contribution in [2.75, 3.05) is 6.26 Å². The van der Waals surface area contributed by atoms with Gasteiger partial charge in [-0.05, 0) is 12.8 Å². The highest BCUT2D eigenvalue weighted by Crippen LogP contribution is 1.95. The molecule has 4 nitrogen and oxygen atoms in total. The molecule has 0 aliphatic rings. The molecule has 0 aromatic rings. The molecule has 0 N–H and O–H groups in total. The summed E-state index contributed by atoms with van der Waals surface area (Å²) in [7, 11) is -3.43. The quantitative estimate of drug-likeness (QED) is 0.480. The Hall–Kier alpha value is -0.580. The maximum Gasteiger partial charge on any atom is 0.325 e. The van der Waals surface area contributed by atoms with Crippen LogP contribution in [0, 0.1) is 0 Å². The Morgan fingerprint density at radius 1 is 1.36 bits per heavy atom.